The van der Waals surface area contributed by atoms with E-state index in [0.29, 0.717) is 11.5 Å². The molecule has 5 rings (SSSR count). The molecule has 0 spiro atoms. The average Bonchev–Trinajstić information content (AvgIpc) is 3.48. The van der Waals surface area contributed by atoms with Gasteiger partial charge in [-0.05, 0) is 18.6 Å². The van der Waals surface area contributed by atoms with E-state index in [-0.39, 0.29) is 18.2 Å². The number of aliphatic imine (C=N–C) groups is 2. The summed E-state index contributed by atoms with van der Waals surface area (Å²) in [5, 5.41) is 33.4. The average molecular weight is 455 g/mol. The molecule has 1 aromatic carbocycles. The van der Waals surface area contributed by atoms with Gasteiger partial charge >= 0.3 is 0 Å². The second kappa shape index (κ2) is 8.32. The van der Waals surface area contributed by atoms with Crippen molar-refractivity contribution in [2.75, 3.05) is 11.9 Å². The van der Waals surface area contributed by atoms with Crippen LogP contribution >= 0.6 is 0 Å². The zero-order chi connectivity index (χ0) is 23.2. The molecule has 5 unspecified atom stereocenters. The van der Waals surface area contributed by atoms with Crippen LogP contribution in [0.4, 0.5) is 11.5 Å². The number of hydrogen-bond acceptors (Lipinski definition) is 10. The molecule has 1 amide bonds. The fourth-order valence-electron chi connectivity index (χ4n) is 4.37. The van der Waals surface area contributed by atoms with Crippen molar-refractivity contribution in [3.05, 3.63) is 41.9 Å². The molecular weight excluding hydrogens is 430 g/mol. The van der Waals surface area contributed by atoms with E-state index in [1.54, 1.807) is 6.21 Å². The topological polar surface area (TPSA) is 166 Å². The number of nitrogens with one attached hydrogen (secondary N) is 3. The maximum atomic E-state index is 12.5. The first-order chi connectivity index (χ1) is 15.9. The number of hydrazine groups is 1. The van der Waals surface area contributed by atoms with Gasteiger partial charge in [-0.15, -0.1) is 0 Å². The minimum absolute atomic E-state index is 0.0954. The Bertz CT molecular complexity index is 1110. The molecule has 0 bridgehead atoms. The lowest BCUT2D eigenvalue weighted by atomic mass is 9.96. The lowest BCUT2D eigenvalue weighted by Crippen LogP contribution is -2.44. The Balaban J connectivity index is 1.26. The molecule has 174 valence electrons. The first kappa shape index (κ1) is 21.7. The number of hydrogen-bond donors (Lipinski definition) is 6. The van der Waals surface area contributed by atoms with Crippen LogP contribution in [0.25, 0.3) is 0 Å². The number of carbonyl (C=O) groups is 1. The Hall–Kier alpha value is -3.16. The Morgan fingerprint density at radius 3 is 2.97 bits per heavy atom. The van der Waals surface area contributed by atoms with Crippen molar-refractivity contribution in [1.82, 2.24) is 20.4 Å². The lowest BCUT2D eigenvalue weighted by molar-refractivity contribution is -0.122. The Morgan fingerprint density at radius 1 is 1.36 bits per heavy atom. The highest BCUT2D eigenvalue weighted by atomic mass is 16.6. The van der Waals surface area contributed by atoms with Crippen molar-refractivity contribution in [3.63, 3.8) is 0 Å². The van der Waals surface area contributed by atoms with Gasteiger partial charge in [0.2, 0.25) is 5.91 Å². The summed E-state index contributed by atoms with van der Waals surface area (Å²) in [6.07, 6.45) is 1.00. The molecule has 0 radical (unpaired) electrons. The van der Waals surface area contributed by atoms with Crippen molar-refractivity contribution in [3.8, 4) is 0 Å². The first-order valence-electron chi connectivity index (χ1n) is 10.6. The molecule has 12 heteroatoms. The predicted molar refractivity (Wildman–Crippen MR) is 118 cm³/mol. The first-order valence-corrected chi connectivity index (χ1v) is 10.6. The van der Waals surface area contributed by atoms with Gasteiger partial charge in [-0.2, -0.15) is 0 Å². The second-order valence-corrected chi connectivity index (χ2v) is 8.43. The van der Waals surface area contributed by atoms with Gasteiger partial charge in [-0.1, -0.05) is 18.2 Å². The summed E-state index contributed by atoms with van der Waals surface area (Å²) in [7, 11) is 0. The van der Waals surface area contributed by atoms with Crippen molar-refractivity contribution in [1.29, 1.82) is 0 Å². The van der Waals surface area contributed by atoms with Gasteiger partial charge in [0.05, 0.1) is 25.0 Å². The number of aliphatic hydroxyl groups excluding tert-OH is 2. The Labute approximate surface area is 189 Å². The zero-order valence-corrected chi connectivity index (χ0v) is 17.8. The summed E-state index contributed by atoms with van der Waals surface area (Å²) in [6, 6.07) is 7.71. The third-order valence-corrected chi connectivity index (χ3v) is 6.18. The summed E-state index contributed by atoms with van der Waals surface area (Å²) < 4.78 is 7.20. The van der Waals surface area contributed by atoms with Crippen LogP contribution in [-0.2, 0) is 9.53 Å². The normalized spacial score (nSPS) is 31.8. The smallest absolute Gasteiger partial charge is 0.235 e. The van der Waals surface area contributed by atoms with Crippen LogP contribution < -0.4 is 16.2 Å². The van der Waals surface area contributed by atoms with E-state index in [4.69, 9.17) is 4.74 Å². The van der Waals surface area contributed by atoms with Crippen molar-refractivity contribution in [2.24, 2.45) is 9.98 Å². The lowest BCUT2D eigenvalue weighted by Gasteiger charge is -2.29. The van der Waals surface area contributed by atoms with Gasteiger partial charge in [0.15, 0.2) is 12.4 Å². The van der Waals surface area contributed by atoms with Crippen LogP contribution in [0.5, 0.6) is 0 Å². The van der Waals surface area contributed by atoms with Crippen LogP contribution in [0.2, 0.25) is 0 Å². The number of ether oxygens (including phenoxy) is 1. The highest BCUT2D eigenvalue weighted by Crippen LogP contribution is 2.41. The van der Waals surface area contributed by atoms with E-state index in [0.717, 1.165) is 11.3 Å². The summed E-state index contributed by atoms with van der Waals surface area (Å²) >= 11 is 0. The van der Waals surface area contributed by atoms with E-state index in [9.17, 15) is 20.1 Å². The molecule has 1 aromatic heterocycles. The highest BCUT2D eigenvalue weighted by molar-refractivity contribution is 5.87. The maximum Gasteiger partial charge on any atom is 0.235 e. The van der Waals surface area contributed by atoms with Crippen LogP contribution in [0, 0.1) is 0 Å². The molecule has 6 atom stereocenters. The monoisotopic (exact) mass is 455 g/mol. The third-order valence-electron chi connectivity index (χ3n) is 6.18. The van der Waals surface area contributed by atoms with Crippen molar-refractivity contribution >= 4 is 30.0 Å². The molecule has 6 N–H and O–H groups in total. The third kappa shape index (κ3) is 3.71. The number of fused-ring (bicyclic) bond motifs is 2. The molecule has 4 heterocycles. The van der Waals surface area contributed by atoms with Crippen LogP contribution in [-0.4, -0.2) is 67.7 Å². The Morgan fingerprint density at radius 2 is 2.18 bits per heavy atom. The molecule has 12 nitrogen and oxygen atoms in total. The summed E-state index contributed by atoms with van der Waals surface area (Å²) in [4.78, 5) is 25.5. The molecule has 3 aliphatic rings. The molecule has 1 fully saturated rings. The SMILES string of the molecule is C[C@@]1(O)C(O)C(CO)OC1n1cnc2c1NC=NC2NNC(=O)CC1C=Nc2ccccc21. The minimum Gasteiger partial charge on any atom is -0.394 e. The number of para-hydroxylation sites is 1. The standard InChI is InChI=1S/C21H25N7O5/c1-21(32)17(31)14(8-29)33-20(21)28-10-25-16-18(23-9-24-19(16)28)27-26-15(30)6-11-7-22-13-5-3-2-4-12(11)13/h2-5,7,9-11,14,17-18,20,27,29,31-32H,6,8H2,1H3,(H,23,24)(H,26,30)/t11?,14?,17?,18?,20?,21-/m1/s1. The maximum absolute atomic E-state index is 12.5. The molecule has 0 saturated carbocycles. The van der Waals surface area contributed by atoms with Crippen LogP contribution in [0.1, 0.15) is 42.9 Å². The van der Waals surface area contributed by atoms with E-state index in [1.165, 1.54) is 24.2 Å². The molecule has 3 aliphatic heterocycles. The fourth-order valence-corrected chi connectivity index (χ4v) is 4.37. The molecule has 33 heavy (non-hydrogen) atoms. The largest absolute Gasteiger partial charge is 0.394 e. The molecular formula is C21H25N7O5. The number of benzene rings is 1. The summed E-state index contributed by atoms with van der Waals surface area (Å²) in [5.74, 6) is 0.153. The number of amides is 1. The van der Waals surface area contributed by atoms with Gasteiger partial charge in [-0.25, -0.2) is 15.4 Å². The second-order valence-electron chi connectivity index (χ2n) is 8.43. The number of aromatic nitrogens is 2. The quantitative estimate of drug-likeness (QED) is 0.327. The number of rotatable bonds is 6. The molecule has 1 saturated heterocycles. The molecule has 0 aliphatic carbocycles. The van der Waals surface area contributed by atoms with E-state index < -0.39 is 36.8 Å². The van der Waals surface area contributed by atoms with Gasteiger partial charge in [0.1, 0.15) is 29.3 Å². The number of aliphatic hydroxyl groups is 3. The number of nitrogens with zero attached hydrogens (tertiary/aromatic N) is 4. The fraction of sp³-hybridized carbons (Fsp3) is 0.429. The predicted octanol–water partition coefficient (Wildman–Crippen LogP) is -0.152. The van der Waals surface area contributed by atoms with E-state index >= 15 is 0 Å². The summed E-state index contributed by atoms with van der Waals surface area (Å²) in [6.45, 7) is 0.994. The van der Waals surface area contributed by atoms with Gasteiger partial charge < -0.3 is 25.4 Å². The van der Waals surface area contributed by atoms with E-state index in [2.05, 4.69) is 31.1 Å². The van der Waals surface area contributed by atoms with Crippen molar-refractivity contribution < 1.29 is 24.9 Å². The number of imidazole rings is 1. The van der Waals surface area contributed by atoms with Crippen LogP contribution in [0.3, 0.4) is 0 Å². The Kier molecular flexibility index (Phi) is 5.46. The number of carbonyl (C=O) groups excluding carboxylic acids is 1. The minimum atomic E-state index is -1.66. The van der Waals surface area contributed by atoms with E-state index in [1.807, 2.05) is 24.3 Å². The summed E-state index contributed by atoms with van der Waals surface area (Å²) in [5.41, 5.74) is 6.25. The van der Waals surface area contributed by atoms with Gasteiger partial charge in [-0.3, -0.25) is 19.8 Å². The van der Waals surface area contributed by atoms with Crippen molar-refractivity contribution in [2.45, 2.75) is 49.5 Å². The highest BCUT2D eigenvalue weighted by Gasteiger charge is 2.53. The molecule has 2 aromatic rings. The van der Waals surface area contributed by atoms with Crippen LogP contribution in [0.15, 0.2) is 40.6 Å². The zero-order valence-electron chi connectivity index (χ0n) is 17.8. The van der Waals surface area contributed by atoms with Gasteiger partial charge in [0.25, 0.3) is 0 Å². The number of anilines is 1. The van der Waals surface area contributed by atoms with Gasteiger partial charge in [0, 0.05) is 18.6 Å².